The first-order valence-corrected chi connectivity index (χ1v) is 8.96. The lowest BCUT2D eigenvalue weighted by atomic mass is 10.1. The Balaban J connectivity index is 1.44. The maximum Gasteiger partial charge on any atom is 0.275 e. The van der Waals surface area contributed by atoms with Crippen molar-refractivity contribution in [2.45, 2.75) is 0 Å². The van der Waals surface area contributed by atoms with E-state index in [4.69, 9.17) is 0 Å². The summed E-state index contributed by atoms with van der Waals surface area (Å²) in [7, 11) is 0. The first-order chi connectivity index (χ1) is 13.3. The number of hydrogen-bond donors (Lipinski definition) is 2. The van der Waals surface area contributed by atoms with Crippen LogP contribution in [0.4, 0.5) is 16.5 Å². The summed E-state index contributed by atoms with van der Waals surface area (Å²) >= 11 is 1.52. The summed E-state index contributed by atoms with van der Waals surface area (Å²) in [5, 5.41) is 8.79. The summed E-state index contributed by atoms with van der Waals surface area (Å²) in [6, 6.07) is 11.3. The van der Waals surface area contributed by atoms with Gasteiger partial charge in [-0.1, -0.05) is 12.1 Å². The Labute approximate surface area is 159 Å². The molecular formula is C19H14N6OS. The number of pyridine rings is 1. The highest BCUT2D eigenvalue weighted by Gasteiger charge is 2.09. The maximum absolute atomic E-state index is 12.1. The molecule has 0 radical (unpaired) electrons. The zero-order valence-electron chi connectivity index (χ0n) is 14.0. The first kappa shape index (κ1) is 16.8. The van der Waals surface area contributed by atoms with Gasteiger partial charge in [-0.2, -0.15) is 0 Å². The zero-order valence-corrected chi connectivity index (χ0v) is 14.9. The fourth-order valence-electron chi connectivity index (χ4n) is 2.36. The Morgan fingerprint density at radius 3 is 2.52 bits per heavy atom. The second kappa shape index (κ2) is 7.71. The third-order valence-corrected chi connectivity index (χ3v) is 4.41. The second-order valence-electron chi connectivity index (χ2n) is 5.53. The van der Waals surface area contributed by atoms with Gasteiger partial charge in [0.15, 0.2) is 5.13 Å². The minimum atomic E-state index is -0.299. The standard InChI is InChI=1S/C19H14N6OS/c26-18(16-11-21-8-9-22-16)23-14-5-3-13(4-6-14)17-12-27-19(25-17)24-15-2-1-7-20-10-15/h1-12H,(H,23,26)(H,24,25). The first-order valence-electron chi connectivity index (χ1n) is 8.08. The van der Waals surface area contributed by atoms with Crippen molar-refractivity contribution in [2.24, 2.45) is 0 Å². The summed E-state index contributed by atoms with van der Waals surface area (Å²) in [6.45, 7) is 0. The van der Waals surface area contributed by atoms with Crippen LogP contribution >= 0.6 is 11.3 Å². The van der Waals surface area contributed by atoms with E-state index in [9.17, 15) is 4.79 Å². The number of hydrogen-bond acceptors (Lipinski definition) is 7. The van der Waals surface area contributed by atoms with Crippen LogP contribution < -0.4 is 10.6 Å². The number of carbonyl (C=O) groups is 1. The number of nitrogens with zero attached hydrogens (tertiary/aromatic N) is 4. The highest BCUT2D eigenvalue weighted by Crippen LogP contribution is 2.27. The van der Waals surface area contributed by atoms with Crippen LogP contribution in [0.15, 0.2) is 72.8 Å². The second-order valence-corrected chi connectivity index (χ2v) is 6.38. The summed E-state index contributed by atoms with van der Waals surface area (Å²) in [5.74, 6) is -0.299. The number of rotatable bonds is 5. The summed E-state index contributed by atoms with van der Waals surface area (Å²) < 4.78 is 0. The average Bonchev–Trinajstić information content (AvgIpc) is 3.18. The molecule has 4 rings (SSSR count). The molecule has 8 heteroatoms. The Hall–Kier alpha value is -3.65. The van der Waals surface area contributed by atoms with Crippen molar-refractivity contribution in [1.82, 2.24) is 19.9 Å². The van der Waals surface area contributed by atoms with Gasteiger partial charge >= 0.3 is 0 Å². The molecule has 0 unspecified atom stereocenters. The zero-order chi connectivity index (χ0) is 18.5. The van der Waals surface area contributed by atoms with Gasteiger partial charge in [-0.25, -0.2) is 9.97 Å². The van der Waals surface area contributed by atoms with Crippen LogP contribution in [-0.2, 0) is 0 Å². The normalized spacial score (nSPS) is 10.4. The van der Waals surface area contributed by atoms with E-state index in [1.165, 1.54) is 29.9 Å². The topological polar surface area (TPSA) is 92.7 Å². The van der Waals surface area contributed by atoms with Gasteiger partial charge in [-0.05, 0) is 24.3 Å². The molecule has 0 spiro atoms. The van der Waals surface area contributed by atoms with Crippen LogP contribution in [0.25, 0.3) is 11.3 Å². The van der Waals surface area contributed by atoms with Crippen LogP contribution in [0.5, 0.6) is 0 Å². The molecular weight excluding hydrogens is 360 g/mol. The molecule has 0 aliphatic carbocycles. The molecule has 0 saturated heterocycles. The van der Waals surface area contributed by atoms with E-state index < -0.39 is 0 Å². The van der Waals surface area contributed by atoms with E-state index in [2.05, 4.69) is 30.6 Å². The van der Waals surface area contributed by atoms with Crippen LogP contribution in [0.3, 0.4) is 0 Å². The van der Waals surface area contributed by atoms with E-state index in [0.717, 1.165) is 22.1 Å². The van der Waals surface area contributed by atoms with Crippen molar-refractivity contribution in [1.29, 1.82) is 0 Å². The molecule has 1 aromatic carbocycles. The van der Waals surface area contributed by atoms with Crippen molar-refractivity contribution in [3.05, 3.63) is 78.5 Å². The SMILES string of the molecule is O=C(Nc1ccc(-c2csc(Nc3cccnc3)n2)cc1)c1cnccn1. The largest absolute Gasteiger partial charge is 0.330 e. The molecule has 3 aromatic heterocycles. The van der Waals surface area contributed by atoms with Gasteiger partial charge in [0.25, 0.3) is 5.91 Å². The molecule has 0 atom stereocenters. The predicted octanol–water partition coefficient (Wildman–Crippen LogP) is 3.99. The van der Waals surface area contributed by atoms with E-state index in [0.29, 0.717) is 5.69 Å². The number of benzene rings is 1. The number of nitrogens with one attached hydrogen (secondary N) is 2. The Bertz CT molecular complexity index is 1030. The smallest absolute Gasteiger partial charge is 0.275 e. The lowest BCUT2D eigenvalue weighted by molar-refractivity contribution is 0.102. The Kier molecular flexibility index (Phi) is 4.80. The fraction of sp³-hybridized carbons (Fsp3) is 0. The number of amides is 1. The molecule has 1 amide bonds. The quantitative estimate of drug-likeness (QED) is 0.549. The fourth-order valence-corrected chi connectivity index (χ4v) is 3.10. The van der Waals surface area contributed by atoms with Gasteiger partial charge in [-0.15, -0.1) is 11.3 Å². The van der Waals surface area contributed by atoms with Crippen molar-refractivity contribution < 1.29 is 4.79 Å². The minimum Gasteiger partial charge on any atom is -0.330 e. The molecule has 0 fully saturated rings. The molecule has 27 heavy (non-hydrogen) atoms. The molecule has 0 bridgehead atoms. The van der Waals surface area contributed by atoms with E-state index in [1.807, 2.05) is 41.8 Å². The molecule has 2 N–H and O–H groups in total. The Morgan fingerprint density at radius 2 is 1.78 bits per heavy atom. The van der Waals surface area contributed by atoms with Crippen molar-refractivity contribution >= 4 is 33.8 Å². The Morgan fingerprint density at radius 1 is 0.926 bits per heavy atom. The number of thiazole rings is 1. The summed E-state index contributed by atoms with van der Waals surface area (Å²) in [5.41, 5.74) is 3.66. The lowest BCUT2D eigenvalue weighted by Crippen LogP contribution is -2.13. The van der Waals surface area contributed by atoms with Gasteiger partial charge in [0, 0.05) is 35.2 Å². The maximum atomic E-state index is 12.1. The molecule has 0 saturated carbocycles. The van der Waals surface area contributed by atoms with Crippen LogP contribution in [0.2, 0.25) is 0 Å². The van der Waals surface area contributed by atoms with E-state index in [1.54, 1.807) is 12.4 Å². The van der Waals surface area contributed by atoms with Crippen LogP contribution in [-0.4, -0.2) is 25.8 Å². The molecule has 3 heterocycles. The van der Waals surface area contributed by atoms with Crippen LogP contribution in [0, 0.1) is 0 Å². The van der Waals surface area contributed by atoms with Crippen molar-refractivity contribution in [3.8, 4) is 11.3 Å². The molecule has 0 aliphatic heterocycles. The molecule has 4 aromatic rings. The minimum absolute atomic E-state index is 0.271. The van der Waals surface area contributed by atoms with Gasteiger partial charge in [0.2, 0.25) is 0 Å². The van der Waals surface area contributed by atoms with E-state index in [-0.39, 0.29) is 11.6 Å². The van der Waals surface area contributed by atoms with Crippen molar-refractivity contribution in [3.63, 3.8) is 0 Å². The molecule has 7 nitrogen and oxygen atoms in total. The third-order valence-electron chi connectivity index (χ3n) is 3.65. The van der Waals surface area contributed by atoms with Gasteiger partial charge in [-0.3, -0.25) is 14.8 Å². The molecule has 0 aliphatic rings. The monoisotopic (exact) mass is 374 g/mol. The highest BCUT2D eigenvalue weighted by atomic mass is 32.1. The van der Waals surface area contributed by atoms with Gasteiger partial charge in [0.05, 0.1) is 23.8 Å². The van der Waals surface area contributed by atoms with Crippen LogP contribution in [0.1, 0.15) is 10.5 Å². The average molecular weight is 374 g/mol. The number of aromatic nitrogens is 4. The predicted molar refractivity (Wildman–Crippen MR) is 105 cm³/mol. The number of carbonyl (C=O) groups excluding carboxylic acids is 1. The number of anilines is 3. The molecule has 132 valence electrons. The summed E-state index contributed by atoms with van der Waals surface area (Å²) in [4.78, 5) is 28.6. The van der Waals surface area contributed by atoms with Gasteiger partial charge < -0.3 is 10.6 Å². The summed E-state index contributed by atoms with van der Waals surface area (Å²) in [6.07, 6.45) is 7.91. The van der Waals surface area contributed by atoms with E-state index >= 15 is 0 Å². The van der Waals surface area contributed by atoms with Crippen molar-refractivity contribution in [2.75, 3.05) is 10.6 Å². The highest BCUT2D eigenvalue weighted by molar-refractivity contribution is 7.14. The van der Waals surface area contributed by atoms with Gasteiger partial charge in [0.1, 0.15) is 5.69 Å². The third kappa shape index (κ3) is 4.13. The lowest BCUT2D eigenvalue weighted by Gasteiger charge is -2.05.